The van der Waals surface area contributed by atoms with Gasteiger partial charge in [0.2, 0.25) is 0 Å². The van der Waals surface area contributed by atoms with Gasteiger partial charge in [0.15, 0.2) is 11.6 Å². The molecule has 0 heterocycles. The molecule has 1 fully saturated rings. The summed E-state index contributed by atoms with van der Waals surface area (Å²) >= 11 is 0. The predicted molar refractivity (Wildman–Crippen MR) is 56.8 cm³/mol. The molecule has 88 valence electrons. The number of aliphatic hydroxyl groups is 1. The molecule has 3 N–H and O–H groups in total. The first kappa shape index (κ1) is 11.5. The Morgan fingerprint density at radius 2 is 2.06 bits per heavy atom. The number of benzene rings is 1. The molecular formula is C12H15F2NO. The third-order valence-corrected chi connectivity index (χ3v) is 3.22. The Morgan fingerprint density at radius 3 is 2.62 bits per heavy atom. The summed E-state index contributed by atoms with van der Waals surface area (Å²) in [4.78, 5) is 0. The highest BCUT2D eigenvalue weighted by Gasteiger charge is 2.43. The van der Waals surface area contributed by atoms with Gasteiger partial charge in [-0.1, -0.05) is 12.1 Å². The Morgan fingerprint density at radius 1 is 1.38 bits per heavy atom. The van der Waals surface area contributed by atoms with Crippen molar-refractivity contribution in [3.05, 3.63) is 35.4 Å². The quantitative estimate of drug-likeness (QED) is 0.820. The maximum atomic E-state index is 13.4. The van der Waals surface area contributed by atoms with Crippen LogP contribution in [0.5, 0.6) is 0 Å². The van der Waals surface area contributed by atoms with E-state index >= 15 is 0 Å². The topological polar surface area (TPSA) is 46.2 Å². The van der Waals surface area contributed by atoms with Gasteiger partial charge in [-0.2, -0.15) is 0 Å². The average molecular weight is 227 g/mol. The van der Waals surface area contributed by atoms with Crippen molar-refractivity contribution in [2.24, 2.45) is 11.7 Å². The van der Waals surface area contributed by atoms with Crippen molar-refractivity contribution in [1.82, 2.24) is 0 Å². The second kappa shape index (κ2) is 4.11. The van der Waals surface area contributed by atoms with E-state index in [1.165, 1.54) is 12.1 Å². The number of halogens is 2. The summed E-state index contributed by atoms with van der Waals surface area (Å²) < 4.78 is 26.4. The SMILES string of the molecule is NCC(O)(Cc1cccc(F)c1F)C1CC1. The van der Waals surface area contributed by atoms with Gasteiger partial charge in [-0.05, 0) is 30.4 Å². The maximum absolute atomic E-state index is 13.4. The van der Waals surface area contributed by atoms with Crippen LogP contribution in [0.3, 0.4) is 0 Å². The minimum absolute atomic E-state index is 0.0770. The fourth-order valence-electron chi connectivity index (χ4n) is 2.02. The van der Waals surface area contributed by atoms with Crippen LogP contribution in [0.1, 0.15) is 18.4 Å². The van der Waals surface area contributed by atoms with Gasteiger partial charge < -0.3 is 10.8 Å². The van der Waals surface area contributed by atoms with Crippen LogP contribution in [0, 0.1) is 17.6 Å². The predicted octanol–water partition coefficient (Wildman–Crippen LogP) is 1.61. The third kappa shape index (κ3) is 2.08. The van der Waals surface area contributed by atoms with Crippen molar-refractivity contribution in [3.8, 4) is 0 Å². The lowest BCUT2D eigenvalue weighted by molar-refractivity contribution is 0.0258. The number of hydrogen-bond acceptors (Lipinski definition) is 2. The molecule has 1 aromatic carbocycles. The molecule has 1 saturated carbocycles. The Bertz CT molecular complexity index is 393. The lowest BCUT2D eigenvalue weighted by Gasteiger charge is -2.26. The van der Waals surface area contributed by atoms with Crippen LogP contribution < -0.4 is 5.73 Å². The van der Waals surface area contributed by atoms with E-state index in [2.05, 4.69) is 0 Å². The van der Waals surface area contributed by atoms with E-state index in [1.54, 1.807) is 0 Å². The van der Waals surface area contributed by atoms with E-state index in [0.717, 1.165) is 18.9 Å². The Hall–Kier alpha value is -1.00. The summed E-state index contributed by atoms with van der Waals surface area (Å²) in [5.74, 6) is -1.64. The summed E-state index contributed by atoms with van der Waals surface area (Å²) in [5, 5.41) is 10.2. The molecule has 0 aliphatic heterocycles. The zero-order valence-electron chi connectivity index (χ0n) is 8.92. The largest absolute Gasteiger partial charge is 0.388 e. The van der Waals surface area contributed by atoms with Crippen LogP contribution in [-0.4, -0.2) is 17.3 Å². The smallest absolute Gasteiger partial charge is 0.162 e. The first-order chi connectivity index (χ1) is 7.57. The average Bonchev–Trinajstić information content (AvgIpc) is 3.08. The maximum Gasteiger partial charge on any atom is 0.162 e. The molecule has 0 amide bonds. The minimum atomic E-state index is -1.09. The molecule has 0 radical (unpaired) electrons. The van der Waals surface area contributed by atoms with Crippen LogP contribution in [0.25, 0.3) is 0 Å². The molecule has 1 aliphatic rings. The highest BCUT2D eigenvalue weighted by atomic mass is 19.2. The Labute approximate surface area is 93.1 Å². The van der Waals surface area contributed by atoms with Crippen LogP contribution >= 0.6 is 0 Å². The van der Waals surface area contributed by atoms with Gasteiger partial charge in [-0.3, -0.25) is 0 Å². The summed E-state index contributed by atoms with van der Waals surface area (Å²) in [6.07, 6.45) is 1.90. The first-order valence-electron chi connectivity index (χ1n) is 5.42. The van der Waals surface area contributed by atoms with Gasteiger partial charge in [0.25, 0.3) is 0 Å². The molecule has 0 bridgehead atoms. The van der Waals surface area contributed by atoms with Crippen LogP contribution in [0.4, 0.5) is 8.78 Å². The monoisotopic (exact) mass is 227 g/mol. The van der Waals surface area contributed by atoms with Gasteiger partial charge in [-0.15, -0.1) is 0 Å². The van der Waals surface area contributed by atoms with E-state index in [-0.39, 0.29) is 24.4 Å². The van der Waals surface area contributed by atoms with E-state index in [4.69, 9.17) is 5.73 Å². The lowest BCUT2D eigenvalue weighted by Crippen LogP contribution is -2.42. The number of hydrogen-bond donors (Lipinski definition) is 2. The molecule has 1 aliphatic carbocycles. The highest BCUT2D eigenvalue weighted by Crippen LogP contribution is 2.41. The summed E-state index contributed by atoms with van der Waals surface area (Å²) in [6, 6.07) is 4.00. The molecule has 4 heteroatoms. The standard InChI is InChI=1S/C12H15F2NO/c13-10-3-1-2-8(11(10)14)6-12(16,7-15)9-4-5-9/h1-3,9,16H,4-7,15H2. The van der Waals surface area contributed by atoms with Gasteiger partial charge in [0.1, 0.15) is 0 Å². The van der Waals surface area contributed by atoms with Crippen LogP contribution in [0.2, 0.25) is 0 Å². The Balaban J connectivity index is 2.22. The molecule has 1 unspecified atom stereocenters. The molecule has 2 nitrogen and oxygen atoms in total. The summed E-state index contributed by atoms with van der Waals surface area (Å²) in [7, 11) is 0. The number of rotatable bonds is 4. The van der Waals surface area contributed by atoms with Gasteiger partial charge >= 0.3 is 0 Å². The minimum Gasteiger partial charge on any atom is -0.388 e. The molecule has 1 atom stereocenters. The normalized spacial score (nSPS) is 19.5. The summed E-state index contributed by atoms with van der Waals surface area (Å²) in [5.41, 5.74) is 4.62. The van der Waals surface area contributed by atoms with Crippen molar-refractivity contribution in [2.75, 3.05) is 6.54 Å². The second-order valence-corrected chi connectivity index (χ2v) is 4.47. The van der Waals surface area contributed by atoms with E-state index in [1.807, 2.05) is 0 Å². The molecule has 16 heavy (non-hydrogen) atoms. The van der Waals surface area contributed by atoms with E-state index in [0.29, 0.717) is 0 Å². The number of nitrogens with two attached hydrogens (primary N) is 1. The highest BCUT2D eigenvalue weighted by molar-refractivity contribution is 5.22. The summed E-state index contributed by atoms with van der Waals surface area (Å²) in [6.45, 7) is 0.0770. The third-order valence-electron chi connectivity index (χ3n) is 3.22. The fourth-order valence-corrected chi connectivity index (χ4v) is 2.02. The van der Waals surface area contributed by atoms with Gasteiger partial charge in [0.05, 0.1) is 5.60 Å². The zero-order valence-corrected chi connectivity index (χ0v) is 8.92. The molecule has 0 spiro atoms. The van der Waals surface area contributed by atoms with Crippen molar-refractivity contribution in [2.45, 2.75) is 24.9 Å². The van der Waals surface area contributed by atoms with Crippen molar-refractivity contribution >= 4 is 0 Å². The molecule has 0 aromatic heterocycles. The van der Waals surface area contributed by atoms with Gasteiger partial charge in [-0.25, -0.2) is 8.78 Å². The lowest BCUT2D eigenvalue weighted by atomic mass is 9.89. The van der Waals surface area contributed by atoms with Crippen molar-refractivity contribution in [1.29, 1.82) is 0 Å². The first-order valence-corrected chi connectivity index (χ1v) is 5.42. The molecule has 2 rings (SSSR count). The zero-order chi connectivity index (χ0) is 11.8. The Kier molecular flexibility index (Phi) is 2.95. The van der Waals surface area contributed by atoms with Crippen LogP contribution in [0.15, 0.2) is 18.2 Å². The fraction of sp³-hybridized carbons (Fsp3) is 0.500. The molecule has 1 aromatic rings. The second-order valence-electron chi connectivity index (χ2n) is 4.47. The molecule has 0 saturated heterocycles. The molecular weight excluding hydrogens is 212 g/mol. The van der Waals surface area contributed by atoms with Crippen LogP contribution in [-0.2, 0) is 6.42 Å². The van der Waals surface area contributed by atoms with E-state index in [9.17, 15) is 13.9 Å². The van der Waals surface area contributed by atoms with Crippen molar-refractivity contribution < 1.29 is 13.9 Å². The van der Waals surface area contributed by atoms with Gasteiger partial charge in [0, 0.05) is 13.0 Å². The van der Waals surface area contributed by atoms with E-state index < -0.39 is 17.2 Å². The van der Waals surface area contributed by atoms with Crippen molar-refractivity contribution in [3.63, 3.8) is 0 Å².